The van der Waals surface area contributed by atoms with Crippen LogP contribution in [-0.2, 0) is 30.4 Å². The van der Waals surface area contributed by atoms with Crippen molar-refractivity contribution >= 4 is 27.6 Å². The number of hydrogen-bond acceptors (Lipinski definition) is 8. The average molecular weight is 582 g/mol. The molecule has 1 atom stereocenters. The van der Waals surface area contributed by atoms with Gasteiger partial charge >= 0.3 is 6.09 Å². The lowest BCUT2D eigenvalue weighted by Crippen LogP contribution is -2.49. The van der Waals surface area contributed by atoms with E-state index in [0.29, 0.717) is 37.6 Å². The van der Waals surface area contributed by atoms with Crippen LogP contribution in [0.1, 0.15) is 11.1 Å². The van der Waals surface area contributed by atoms with Gasteiger partial charge in [0, 0.05) is 31.9 Å². The van der Waals surface area contributed by atoms with Gasteiger partial charge in [0.1, 0.15) is 25.1 Å². The summed E-state index contributed by atoms with van der Waals surface area (Å²) in [5.41, 5.74) is 2.82. The quantitative estimate of drug-likeness (QED) is 0.355. The number of amides is 1. The minimum Gasteiger partial charge on any atom is -0.472 e. The Morgan fingerprint density at radius 1 is 1.02 bits per heavy atom. The number of aryl methyl sites for hydroxylation is 1. The molecular formula is C30H32FN3O6S. The van der Waals surface area contributed by atoms with Gasteiger partial charge in [-0.1, -0.05) is 48.0 Å². The van der Waals surface area contributed by atoms with Gasteiger partial charge < -0.3 is 24.2 Å². The van der Waals surface area contributed by atoms with Gasteiger partial charge in [-0.05, 0) is 49.4 Å². The van der Waals surface area contributed by atoms with Gasteiger partial charge in [-0.25, -0.2) is 9.18 Å². The minimum atomic E-state index is -3.94. The van der Waals surface area contributed by atoms with Crippen molar-refractivity contribution in [3.63, 3.8) is 0 Å². The van der Waals surface area contributed by atoms with Crippen LogP contribution >= 0.6 is 0 Å². The number of hydrogen-bond donors (Lipinski definition) is 0. The van der Waals surface area contributed by atoms with Crippen LogP contribution in [0.25, 0.3) is 0 Å². The van der Waals surface area contributed by atoms with Crippen LogP contribution in [0.4, 0.5) is 20.6 Å². The molecule has 2 saturated heterocycles. The fourth-order valence-corrected chi connectivity index (χ4v) is 5.67. The van der Waals surface area contributed by atoms with E-state index in [2.05, 4.69) is 6.58 Å². The third kappa shape index (κ3) is 6.80. The maximum Gasteiger partial charge on any atom is 0.410 e. The molecule has 2 fully saturated rings. The van der Waals surface area contributed by atoms with Gasteiger partial charge in [0.2, 0.25) is 0 Å². The van der Waals surface area contributed by atoms with E-state index in [0.717, 1.165) is 11.1 Å². The van der Waals surface area contributed by atoms with Gasteiger partial charge in [-0.3, -0.25) is 4.18 Å². The van der Waals surface area contributed by atoms with Crippen LogP contribution in [-0.4, -0.2) is 64.8 Å². The summed E-state index contributed by atoms with van der Waals surface area (Å²) in [6.07, 6.45) is -0.984. The Bertz CT molecular complexity index is 1490. The lowest BCUT2D eigenvalue weighted by molar-refractivity contribution is 0.0941. The zero-order valence-electron chi connectivity index (χ0n) is 22.7. The Labute approximate surface area is 239 Å². The van der Waals surface area contributed by atoms with Gasteiger partial charge in [0.05, 0.1) is 17.1 Å². The van der Waals surface area contributed by atoms with Crippen LogP contribution in [0.3, 0.4) is 0 Å². The second-order valence-corrected chi connectivity index (χ2v) is 11.6. The molecular weight excluding hydrogens is 549 g/mol. The van der Waals surface area contributed by atoms with Crippen LogP contribution in [0.15, 0.2) is 90.2 Å². The van der Waals surface area contributed by atoms with E-state index in [1.54, 1.807) is 34.1 Å². The number of carbonyl (C=O) groups excluding carboxylic acids is 1. The number of carbonyl (C=O) groups is 1. The molecule has 11 heteroatoms. The topological polar surface area (TPSA) is 88.6 Å². The Balaban J connectivity index is 1.13. The monoisotopic (exact) mass is 581 g/mol. The molecule has 0 unspecified atom stereocenters. The van der Waals surface area contributed by atoms with E-state index < -0.39 is 22.0 Å². The molecule has 1 amide bonds. The molecule has 2 aliphatic heterocycles. The van der Waals surface area contributed by atoms with Crippen molar-refractivity contribution in [3.05, 3.63) is 102 Å². The van der Waals surface area contributed by atoms with Gasteiger partial charge in [-0.15, -0.1) is 0 Å². The highest BCUT2D eigenvalue weighted by Gasteiger charge is 2.31. The fourth-order valence-electron chi connectivity index (χ4n) is 4.73. The van der Waals surface area contributed by atoms with Crippen molar-refractivity contribution in [2.24, 2.45) is 0 Å². The number of rotatable bonds is 8. The second-order valence-electron chi connectivity index (χ2n) is 9.95. The lowest BCUT2D eigenvalue weighted by atomic mass is 10.2. The smallest absolute Gasteiger partial charge is 0.410 e. The fraction of sp³-hybridized carbons (Fsp3) is 0.300. The molecule has 2 aliphatic rings. The molecule has 5 rings (SSSR count). The standard InChI is InChI=1S/C30H32FN3O6S/c1-22-8-11-27(12-9-22)41(36,37)39-21-26-19-34(23(2)40-26)25-10-13-29(28(31)18-25)32-14-16-33(17-15-32)30(35)38-20-24-6-4-3-5-7-24/h3-13,18,26H,2,14-17,19-21H2,1H3/t26-/m1/s1. The third-order valence-electron chi connectivity index (χ3n) is 7.04. The second kappa shape index (κ2) is 12.2. The normalized spacial score (nSPS) is 17.5. The van der Waals surface area contributed by atoms with E-state index in [1.807, 2.05) is 42.2 Å². The van der Waals surface area contributed by atoms with Crippen molar-refractivity contribution in [2.45, 2.75) is 24.5 Å². The van der Waals surface area contributed by atoms with E-state index in [1.165, 1.54) is 18.2 Å². The van der Waals surface area contributed by atoms with Crippen molar-refractivity contribution in [1.29, 1.82) is 0 Å². The maximum absolute atomic E-state index is 15.2. The van der Waals surface area contributed by atoms with Crippen LogP contribution in [0, 0.1) is 12.7 Å². The molecule has 2 heterocycles. The van der Waals surface area contributed by atoms with E-state index in [9.17, 15) is 13.2 Å². The summed E-state index contributed by atoms with van der Waals surface area (Å²) in [7, 11) is -3.94. The van der Waals surface area contributed by atoms with Crippen molar-refractivity contribution in [1.82, 2.24) is 4.90 Å². The molecule has 0 radical (unpaired) electrons. The highest BCUT2D eigenvalue weighted by atomic mass is 32.2. The lowest BCUT2D eigenvalue weighted by Gasteiger charge is -2.35. The number of anilines is 2. The van der Waals surface area contributed by atoms with Gasteiger partial charge in [0.15, 0.2) is 5.88 Å². The van der Waals surface area contributed by atoms with E-state index in [4.69, 9.17) is 13.7 Å². The molecule has 0 saturated carbocycles. The first-order valence-electron chi connectivity index (χ1n) is 13.3. The molecule has 0 bridgehead atoms. The summed E-state index contributed by atoms with van der Waals surface area (Å²) in [6, 6.07) is 20.7. The molecule has 0 spiro atoms. The Morgan fingerprint density at radius 3 is 2.41 bits per heavy atom. The molecule has 3 aromatic rings. The highest BCUT2D eigenvalue weighted by Crippen LogP contribution is 2.31. The number of halogens is 1. The first-order valence-corrected chi connectivity index (χ1v) is 14.7. The average Bonchev–Trinajstić information content (AvgIpc) is 3.36. The Morgan fingerprint density at radius 2 is 1.73 bits per heavy atom. The van der Waals surface area contributed by atoms with E-state index in [-0.39, 0.29) is 36.6 Å². The SMILES string of the molecule is C=C1O[C@@H](COS(=O)(=O)c2ccc(C)cc2)CN1c1ccc(N2CCN(C(=O)OCc3ccccc3)CC2)c(F)c1. The molecule has 0 aliphatic carbocycles. The molecule has 216 valence electrons. The largest absolute Gasteiger partial charge is 0.472 e. The first-order chi connectivity index (χ1) is 19.7. The molecule has 0 aromatic heterocycles. The van der Waals surface area contributed by atoms with E-state index >= 15 is 4.39 Å². The zero-order valence-corrected chi connectivity index (χ0v) is 23.6. The van der Waals surface area contributed by atoms with Crippen LogP contribution in [0.5, 0.6) is 0 Å². The summed E-state index contributed by atoms with van der Waals surface area (Å²) in [5.74, 6) is -0.141. The number of piperazine rings is 1. The first kappa shape index (κ1) is 28.4. The molecule has 41 heavy (non-hydrogen) atoms. The summed E-state index contributed by atoms with van der Waals surface area (Å²) in [4.78, 5) is 17.7. The van der Waals surface area contributed by atoms with Crippen LogP contribution in [0.2, 0.25) is 0 Å². The maximum atomic E-state index is 15.2. The predicted molar refractivity (Wildman–Crippen MR) is 152 cm³/mol. The predicted octanol–water partition coefficient (Wildman–Crippen LogP) is 4.67. The highest BCUT2D eigenvalue weighted by molar-refractivity contribution is 7.86. The number of ether oxygens (including phenoxy) is 2. The van der Waals surface area contributed by atoms with Crippen molar-refractivity contribution in [3.8, 4) is 0 Å². The van der Waals surface area contributed by atoms with Crippen molar-refractivity contribution < 1.29 is 31.3 Å². The molecule has 0 N–H and O–H groups in total. The van der Waals surface area contributed by atoms with Crippen molar-refractivity contribution in [2.75, 3.05) is 49.1 Å². The number of benzene rings is 3. The van der Waals surface area contributed by atoms with Gasteiger partial charge in [0.25, 0.3) is 10.1 Å². The summed E-state index contributed by atoms with van der Waals surface area (Å²) >= 11 is 0. The number of nitrogens with zero attached hydrogens (tertiary/aromatic N) is 3. The Hall–Kier alpha value is -4.09. The van der Waals surface area contributed by atoms with Gasteiger partial charge in [-0.2, -0.15) is 8.42 Å². The Kier molecular flexibility index (Phi) is 8.46. The summed E-state index contributed by atoms with van der Waals surface area (Å²) in [6.45, 7) is 7.77. The minimum absolute atomic E-state index is 0.0688. The molecule has 9 nitrogen and oxygen atoms in total. The zero-order chi connectivity index (χ0) is 29.0. The summed E-state index contributed by atoms with van der Waals surface area (Å²) < 4.78 is 56.6. The van der Waals surface area contributed by atoms with Crippen LogP contribution < -0.4 is 9.80 Å². The summed E-state index contributed by atoms with van der Waals surface area (Å²) in [5, 5.41) is 0. The third-order valence-corrected chi connectivity index (χ3v) is 8.33. The molecule has 3 aromatic carbocycles.